The molecule has 1 aromatic carbocycles. The van der Waals surface area contributed by atoms with Crippen molar-refractivity contribution >= 4 is 0 Å². The van der Waals surface area contributed by atoms with Gasteiger partial charge in [0.05, 0.1) is 19.6 Å². The van der Waals surface area contributed by atoms with Crippen LogP contribution in [0.4, 0.5) is 8.78 Å². The molecule has 0 spiro atoms. The summed E-state index contributed by atoms with van der Waals surface area (Å²) in [5, 5.41) is 0. The highest BCUT2D eigenvalue weighted by Gasteiger charge is 2.38. The number of alkyl halides is 2. The molecule has 1 unspecified atom stereocenters. The predicted octanol–water partition coefficient (Wildman–Crippen LogP) is 3.24. The quantitative estimate of drug-likeness (QED) is 0.784. The van der Waals surface area contributed by atoms with E-state index in [1.165, 1.54) is 0 Å². The Morgan fingerprint density at radius 2 is 2.05 bits per heavy atom. The van der Waals surface area contributed by atoms with Crippen LogP contribution in [0, 0.1) is 11.8 Å². The molecule has 0 saturated carbocycles. The molecule has 1 heterocycles. The number of halogens is 2. The summed E-state index contributed by atoms with van der Waals surface area (Å²) in [4.78, 5) is 0. The Bertz CT molecular complexity index is 481. The summed E-state index contributed by atoms with van der Waals surface area (Å²) in [6.45, 7) is 6.19. The van der Waals surface area contributed by atoms with E-state index in [1.807, 2.05) is 12.1 Å². The number of hydrogen-bond donors (Lipinski definition) is 1. The van der Waals surface area contributed by atoms with Gasteiger partial charge in [0.1, 0.15) is 12.3 Å². The standard InChI is InChI=1S/C17H27F2N2O/c1-13(2)10-21(8-7-14(9-20)11-21)12-15-5-3-4-6-16(15)22-17(18)19/h3-6,13-14,17H,7-12,20H2,1-2H3/q+1/t14-,21?/m1/s1. The van der Waals surface area contributed by atoms with Crippen LogP contribution in [0.25, 0.3) is 0 Å². The van der Waals surface area contributed by atoms with Gasteiger partial charge in [0.15, 0.2) is 0 Å². The molecule has 0 radical (unpaired) electrons. The highest BCUT2D eigenvalue weighted by molar-refractivity contribution is 5.32. The van der Waals surface area contributed by atoms with E-state index < -0.39 is 6.61 Å². The van der Waals surface area contributed by atoms with Crippen LogP contribution in [0.3, 0.4) is 0 Å². The van der Waals surface area contributed by atoms with Crippen LogP contribution >= 0.6 is 0 Å². The summed E-state index contributed by atoms with van der Waals surface area (Å²) in [7, 11) is 0. The lowest BCUT2D eigenvalue weighted by Gasteiger charge is -2.36. The van der Waals surface area contributed by atoms with Crippen molar-refractivity contribution in [2.75, 3.05) is 26.2 Å². The number of rotatable bonds is 7. The van der Waals surface area contributed by atoms with Crippen LogP contribution in [0.15, 0.2) is 24.3 Å². The Kier molecular flexibility index (Phi) is 5.75. The SMILES string of the molecule is CC(C)C[N+]1(Cc2ccccc2OC(F)F)CC[C@H](CN)C1. The molecule has 22 heavy (non-hydrogen) atoms. The number of nitrogens with two attached hydrogens (primary N) is 1. The van der Waals surface area contributed by atoms with Gasteiger partial charge in [-0.25, -0.2) is 0 Å². The summed E-state index contributed by atoms with van der Waals surface area (Å²) in [6, 6.07) is 7.15. The molecule has 1 aliphatic heterocycles. The zero-order chi connectivity index (χ0) is 16.2. The predicted molar refractivity (Wildman–Crippen MR) is 83.6 cm³/mol. The molecule has 2 rings (SSSR count). The largest absolute Gasteiger partial charge is 0.434 e. The minimum absolute atomic E-state index is 0.301. The fraction of sp³-hybridized carbons (Fsp3) is 0.647. The van der Waals surface area contributed by atoms with Crippen molar-refractivity contribution in [2.45, 2.75) is 33.4 Å². The van der Waals surface area contributed by atoms with Gasteiger partial charge in [-0.05, 0) is 12.1 Å². The number of para-hydroxylation sites is 1. The second-order valence-electron chi connectivity index (χ2n) is 6.86. The first kappa shape index (κ1) is 17.2. The van der Waals surface area contributed by atoms with Gasteiger partial charge < -0.3 is 15.0 Å². The van der Waals surface area contributed by atoms with Crippen molar-refractivity contribution in [3.05, 3.63) is 29.8 Å². The van der Waals surface area contributed by atoms with Crippen molar-refractivity contribution in [3.8, 4) is 5.75 Å². The van der Waals surface area contributed by atoms with Gasteiger partial charge in [-0.3, -0.25) is 0 Å². The number of nitrogens with zero attached hydrogens (tertiary/aromatic N) is 1. The molecule has 0 aliphatic carbocycles. The first-order valence-corrected chi connectivity index (χ1v) is 8.02. The lowest BCUT2D eigenvalue weighted by atomic mass is 10.1. The molecule has 124 valence electrons. The van der Waals surface area contributed by atoms with Crippen LogP contribution in [-0.2, 0) is 6.54 Å². The van der Waals surface area contributed by atoms with E-state index in [0.717, 1.165) is 42.6 Å². The van der Waals surface area contributed by atoms with E-state index >= 15 is 0 Å². The summed E-state index contributed by atoms with van der Waals surface area (Å²) in [5.41, 5.74) is 6.70. The average molecular weight is 313 g/mol. The third-order valence-electron chi connectivity index (χ3n) is 4.44. The maximum atomic E-state index is 12.6. The molecule has 1 aliphatic rings. The zero-order valence-electron chi connectivity index (χ0n) is 13.5. The van der Waals surface area contributed by atoms with Crippen LogP contribution in [0.1, 0.15) is 25.8 Å². The molecule has 3 nitrogen and oxygen atoms in total. The number of benzene rings is 1. The molecular formula is C17H27F2N2O+. The molecule has 2 N–H and O–H groups in total. The number of ether oxygens (including phenoxy) is 1. The van der Waals surface area contributed by atoms with E-state index in [9.17, 15) is 8.78 Å². The van der Waals surface area contributed by atoms with Gasteiger partial charge in [0, 0.05) is 30.4 Å². The summed E-state index contributed by atoms with van der Waals surface area (Å²) in [6.07, 6.45) is 1.11. The van der Waals surface area contributed by atoms with Gasteiger partial charge in [-0.1, -0.05) is 26.0 Å². The van der Waals surface area contributed by atoms with Crippen molar-refractivity contribution < 1.29 is 18.0 Å². The van der Waals surface area contributed by atoms with Gasteiger partial charge in [0.25, 0.3) is 0 Å². The number of quaternary nitrogens is 1. The van der Waals surface area contributed by atoms with E-state index in [-0.39, 0.29) is 0 Å². The Morgan fingerprint density at radius 3 is 2.64 bits per heavy atom. The molecule has 0 bridgehead atoms. The molecule has 5 heteroatoms. The molecule has 0 aromatic heterocycles. The highest BCUT2D eigenvalue weighted by Crippen LogP contribution is 2.32. The minimum Gasteiger partial charge on any atom is -0.434 e. The van der Waals surface area contributed by atoms with Gasteiger partial charge in [-0.2, -0.15) is 8.78 Å². The maximum Gasteiger partial charge on any atom is 0.387 e. The second-order valence-corrected chi connectivity index (χ2v) is 6.86. The van der Waals surface area contributed by atoms with E-state index in [1.54, 1.807) is 12.1 Å². The average Bonchev–Trinajstić information content (AvgIpc) is 2.83. The second kappa shape index (κ2) is 7.38. The highest BCUT2D eigenvalue weighted by atomic mass is 19.3. The molecule has 1 fully saturated rings. The molecule has 1 saturated heterocycles. The van der Waals surface area contributed by atoms with Gasteiger partial charge >= 0.3 is 6.61 Å². The van der Waals surface area contributed by atoms with E-state index in [0.29, 0.717) is 24.1 Å². The number of hydrogen-bond acceptors (Lipinski definition) is 2. The monoisotopic (exact) mass is 313 g/mol. The minimum atomic E-state index is -2.78. The summed E-state index contributed by atoms with van der Waals surface area (Å²) >= 11 is 0. The molecule has 1 aromatic rings. The molecule has 0 amide bonds. The van der Waals surface area contributed by atoms with E-state index in [2.05, 4.69) is 13.8 Å². The Balaban J connectivity index is 2.21. The fourth-order valence-electron chi connectivity index (χ4n) is 3.73. The van der Waals surface area contributed by atoms with E-state index in [4.69, 9.17) is 10.5 Å². The van der Waals surface area contributed by atoms with Crippen LogP contribution in [0.2, 0.25) is 0 Å². The summed E-state index contributed by atoms with van der Waals surface area (Å²) in [5.74, 6) is 1.39. The van der Waals surface area contributed by atoms with Gasteiger partial charge in [0.2, 0.25) is 0 Å². The van der Waals surface area contributed by atoms with Crippen LogP contribution in [-0.4, -0.2) is 37.3 Å². The normalized spacial score (nSPS) is 25.1. The lowest BCUT2D eigenvalue weighted by molar-refractivity contribution is -0.933. The van der Waals surface area contributed by atoms with Crippen LogP contribution in [0.5, 0.6) is 5.75 Å². The van der Waals surface area contributed by atoms with Crippen molar-refractivity contribution in [1.29, 1.82) is 0 Å². The third kappa shape index (κ3) is 4.40. The van der Waals surface area contributed by atoms with Gasteiger partial charge in [-0.15, -0.1) is 0 Å². The Morgan fingerprint density at radius 1 is 1.32 bits per heavy atom. The zero-order valence-corrected chi connectivity index (χ0v) is 13.5. The number of likely N-dealkylation sites (tertiary alicyclic amines) is 1. The smallest absolute Gasteiger partial charge is 0.387 e. The first-order valence-electron chi connectivity index (χ1n) is 8.02. The van der Waals surface area contributed by atoms with Crippen molar-refractivity contribution in [1.82, 2.24) is 0 Å². The Labute approximate surface area is 131 Å². The van der Waals surface area contributed by atoms with Crippen LogP contribution < -0.4 is 10.5 Å². The first-order chi connectivity index (χ1) is 10.4. The lowest BCUT2D eigenvalue weighted by Crippen LogP contribution is -2.48. The Hall–Kier alpha value is -1.20. The van der Waals surface area contributed by atoms with Crippen molar-refractivity contribution in [2.24, 2.45) is 17.6 Å². The summed E-state index contributed by atoms with van der Waals surface area (Å²) < 4.78 is 30.8. The molecule has 2 atom stereocenters. The topological polar surface area (TPSA) is 35.2 Å². The maximum absolute atomic E-state index is 12.6. The molecular weight excluding hydrogens is 286 g/mol. The van der Waals surface area contributed by atoms with Crippen molar-refractivity contribution in [3.63, 3.8) is 0 Å². The fourth-order valence-corrected chi connectivity index (χ4v) is 3.73. The third-order valence-corrected chi connectivity index (χ3v) is 4.44.